The number of ketones is 1. The van der Waals surface area contributed by atoms with E-state index in [4.69, 9.17) is 18.9 Å². The Morgan fingerprint density at radius 2 is 1.65 bits per heavy atom. The molecule has 62 heavy (non-hydrogen) atoms. The molecule has 0 fully saturated rings. The number of Topliss-reactive ketones (excluding diaryl/α,β-unsaturated/α-hetero) is 1. The number of allylic oxidation sites excluding steroid dienone is 2. The van der Waals surface area contributed by atoms with E-state index in [0.717, 1.165) is 11.2 Å². The molecule has 2 amide bonds. The molecule has 3 aromatic carbocycles. The Hall–Kier alpha value is -6.23. The highest BCUT2D eigenvalue weighted by atomic mass is 16.7. The number of phenols is 3. The van der Waals surface area contributed by atoms with Gasteiger partial charge in [0.05, 0.1) is 59.5 Å². The lowest BCUT2D eigenvalue weighted by Crippen LogP contribution is -2.46. The molecule has 4 aliphatic rings. The number of rotatable bonds is 4. The van der Waals surface area contributed by atoms with Crippen molar-refractivity contribution in [3.05, 3.63) is 88.2 Å². The summed E-state index contributed by atoms with van der Waals surface area (Å²) < 4.78 is 23.6. The standard InChI is InChI=1S/C46H53N3O13/c1-21-13-12-14-22(2)44(57)48-35-30(19-47-49-20-28-15-10-11-16-29(28)45(49)58)39(54)32-33(40(35)55)38(53)26(6)42-34(32)43(56)46(8,62-42)60-18-17-31(59-9)23(3)41(61-27(7)50)25(5)37(52)24(4)36(21)51/h10-19,21,23-25,31,36-37,41,51-55H,20H2,1-9H3,(H,48,57)/b13-12+,18-17+,22-14+,47-19?. The number of aromatic hydroxyl groups is 3. The number of ether oxygens (including phenoxy) is 4. The molecule has 0 saturated heterocycles. The molecule has 5 bridgehead atoms. The minimum Gasteiger partial charge on any atom is -0.507 e. The highest BCUT2D eigenvalue weighted by Gasteiger charge is 2.50. The third-order valence-electron chi connectivity index (χ3n) is 12.2. The van der Waals surface area contributed by atoms with Gasteiger partial charge in [-0.15, -0.1) is 0 Å². The largest absolute Gasteiger partial charge is 0.507 e. The zero-order valence-corrected chi connectivity index (χ0v) is 36.0. The van der Waals surface area contributed by atoms with Crippen molar-refractivity contribution in [2.75, 3.05) is 12.4 Å². The quantitative estimate of drug-likeness (QED) is 0.0796. The average Bonchev–Trinajstić information content (AvgIpc) is 3.70. The Morgan fingerprint density at radius 3 is 2.31 bits per heavy atom. The van der Waals surface area contributed by atoms with E-state index in [1.807, 2.05) is 0 Å². The fourth-order valence-corrected chi connectivity index (χ4v) is 8.33. The molecular formula is C46H53N3O13. The van der Waals surface area contributed by atoms with E-state index in [0.29, 0.717) is 11.1 Å². The summed E-state index contributed by atoms with van der Waals surface area (Å²) in [6, 6.07) is 6.89. The SMILES string of the molecule is COC1/C=C/OC2(C)Oc3c(C)c(O)c4c(O)c(c(C=NN5Cc6ccccc6C5=O)c(O)c4c3C2=O)NC(=O)/C(C)=C/C=C/C(C)C(O)C(C)C(O)C(C)C(OC(C)=O)C1C. The molecular weight excluding hydrogens is 803 g/mol. The maximum Gasteiger partial charge on any atom is 0.312 e. The van der Waals surface area contributed by atoms with Crippen molar-refractivity contribution in [2.45, 2.75) is 92.1 Å². The van der Waals surface area contributed by atoms with E-state index < -0.39 is 100 Å². The van der Waals surface area contributed by atoms with Crippen LogP contribution in [-0.4, -0.2) is 97.6 Å². The van der Waals surface area contributed by atoms with Crippen molar-refractivity contribution in [1.82, 2.24) is 5.01 Å². The number of carbonyl (C=O) groups is 4. The van der Waals surface area contributed by atoms with Gasteiger partial charge in [-0.2, -0.15) is 5.10 Å². The first-order valence-electron chi connectivity index (χ1n) is 20.3. The predicted molar refractivity (Wildman–Crippen MR) is 228 cm³/mol. The molecule has 330 valence electrons. The number of hydrazone groups is 1. The number of methoxy groups -OCH3 is 1. The van der Waals surface area contributed by atoms with Gasteiger partial charge in [-0.25, -0.2) is 5.01 Å². The highest BCUT2D eigenvalue weighted by Crippen LogP contribution is 2.55. The Morgan fingerprint density at radius 1 is 0.952 bits per heavy atom. The van der Waals surface area contributed by atoms with Crippen molar-refractivity contribution >= 4 is 46.2 Å². The summed E-state index contributed by atoms with van der Waals surface area (Å²) in [4.78, 5) is 53.9. The number of hydrogen-bond donors (Lipinski definition) is 6. The number of hydrogen-bond acceptors (Lipinski definition) is 14. The second-order valence-corrected chi connectivity index (χ2v) is 16.4. The number of anilines is 1. The van der Waals surface area contributed by atoms with Gasteiger partial charge in [0.2, 0.25) is 0 Å². The van der Waals surface area contributed by atoms with Gasteiger partial charge >= 0.3 is 11.8 Å². The maximum absolute atomic E-state index is 14.5. The highest BCUT2D eigenvalue weighted by molar-refractivity contribution is 6.24. The number of phenolic OH excluding ortho intramolecular Hbond substituents is 3. The zero-order chi connectivity index (χ0) is 45.5. The van der Waals surface area contributed by atoms with Crippen LogP contribution >= 0.6 is 0 Å². The molecule has 9 atom stereocenters. The number of amides is 2. The van der Waals surface area contributed by atoms with Crippen LogP contribution in [0.15, 0.2) is 65.5 Å². The van der Waals surface area contributed by atoms with Gasteiger partial charge in [-0.3, -0.25) is 19.2 Å². The Balaban J connectivity index is 1.53. The van der Waals surface area contributed by atoms with Crippen molar-refractivity contribution in [3.63, 3.8) is 0 Å². The van der Waals surface area contributed by atoms with Crippen LogP contribution < -0.4 is 10.1 Å². The van der Waals surface area contributed by atoms with Crippen molar-refractivity contribution in [2.24, 2.45) is 28.8 Å². The van der Waals surface area contributed by atoms with Crippen LogP contribution in [0, 0.1) is 30.6 Å². The van der Waals surface area contributed by atoms with E-state index in [-0.39, 0.29) is 45.3 Å². The van der Waals surface area contributed by atoms with Crippen LogP contribution in [0.1, 0.15) is 85.9 Å². The second-order valence-electron chi connectivity index (χ2n) is 16.4. The third kappa shape index (κ3) is 8.12. The Bertz CT molecular complexity index is 2440. The van der Waals surface area contributed by atoms with Gasteiger partial charge in [0.15, 0.2) is 5.75 Å². The number of aliphatic hydroxyl groups excluding tert-OH is 2. The molecule has 9 unspecified atom stereocenters. The Labute approximate surface area is 358 Å². The molecule has 4 aliphatic heterocycles. The first-order valence-corrected chi connectivity index (χ1v) is 20.3. The van der Waals surface area contributed by atoms with Crippen molar-refractivity contribution in [1.29, 1.82) is 0 Å². The van der Waals surface area contributed by atoms with Crippen LogP contribution in [0.2, 0.25) is 0 Å². The van der Waals surface area contributed by atoms with E-state index in [1.165, 1.54) is 53.2 Å². The van der Waals surface area contributed by atoms with Crippen molar-refractivity contribution < 1.29 is 63.7 Å². The van der Waals surface area contributed by atoms with Gasteiger partial charge in [0.1, 0.15) is 23.4 Å². The monoisotopic (exact) mass is 855 g/mol. The number of esters is 1. The molecule has 3 aromatic rings. The van der Waals surface area contributed by atoms with E-state index in [9.17, 15) is 44.7 Å². The molecule has 6 N–H and O–H groups in total. The minimum absolute atomic E-state index is 0.00315. The number of carbonyl (C=O) groups excluding carboxylic acids is 4. The molecule has 0 saturated carbocycles. The van der Waals surface area contributed by atoms with E-state index >= 15 is 0 Å². The number of fused-ring (bicyclic) bond motifs is 15. The number of benzene rings is 3. The van der Waals surface area contributed by atoms with Gasteiger partial charge in [0.25, 0.3) is 17.6 Å². The van der Waals surface area contributed by atoms with Crippen LogP contribution in [0.5, 0.6) is 23.0 Å². The Kier molecular flexibility index (Phi) is 12.9. The van der Waals surface area contributed by atoms with E-state index in [2.05, 4.69) is 10.4 Å². The van der Waals surface area contributed by atoms with Crippen molar-refractivity contribution in [3.8, 4) is 23.0 Å². The number of nitrogens with one attached hydrogen (secondary N) is 1. The fourth-order valence-electron chi connectivity index (χ4n) is 8.33. The summed E-state index contributed by atoms with van der Waals surface area (Å²) >= 11 is 0. The van der Waals surface area contributed by atoms with Gasteiger partial charge in [-0.05, 0) is 31.6 Å². The van der Waals surface area contributed by atoms with Crippen LogP contribution in [0.4, 0.5) is 5.69 Å². The van der Waals surface area contributed by atoms with Crippen LogP contribution in [-0.2, 0) is 30.3 Å². The lowest BCUT2D eigenvalue weighted by molar-refractivity contribution is -0.160. The summed E-state index contributed by atoms with van der Waals surface area (Å²) in [6.45, 7) is 12.4. The lowest BCUT2D eigenvalue weighted by Gasteiger charge is -2.38. The topological polar surface area (TPSA) is 234 Å². The third-order valence-corrected chi connectivity index (χ3v) is 12.2. The minimum atomic E-state index is -2.10. The zero-order valence-electron chi connectivity index (χ0n) is 36.0. The molecule has 4 heterocycles. The summed E-state index contributed by atoms with van der Waals surface area (Å²) in [5.74, 6) is -9.48. The predicted octanol–water partition coefficient (Wildman–Crippen LogP) is 5.74. The fraction of sp³-hybridized carbons (Fsp3) is 0.413. The molecule has 0 aliphatic carbocycles. The number of nitrogens with zero attached hydrogens (tertiary/aromatic N) is 2. The van der Waals surface area contributed by atoms with Crippen LogP contribution in [0.25, 0.3) is 10.8 Å². The average molecular weight is 856 g/mol. The van der Waals surface area contributed by atoms with Crippen LogP contribution in [0.3, 0.4) is 0 Å². The summed E-state index contributed by atoms with van der Waals surface area (Å²) in [7, 11) is 1.42. The summed E-state index contributed by atoms with van der Waals surface area (Å²) in [5.41, 5.74) is 0.268. The molecule has 16 nitrogen and oxygen atoms in total. The maximum atomic E-state index is 14.5. The van der Waals surface area contributed by atoms with Gasteiger partial charge < -0.3 is 49.8 Å². The van der Waals surface area contributed by atoms with Gasteiger partial charge in [0, 0.05) is 66.7 Å². The normalized spacial score (nSPS) is 30.1. The molecule has 0 spiro atoms. The molecule has 0 aromatic heterocycles. The molecule has 16 heteroatoms. The lowest BCUT2D eigenvalue weighted by atomic mass is 9.78. The molecule has 7 rings (SSSR count). The second kappa shape index (κ2) is 17.6. The first kappa shape index (κ1) is 45.3. The smallest absolute Gasteiger partial charge is 0.312 e. The summed E-state index contributed by atoms with van der Waals surface area (Å²) in [6.07, 6.45) is 4.34. The molecule has 0 radical (unpaired) electrons. The van der Waals surface area contributed by atoms with E-state index in [1.54, 1.807) is 64.1 Å². The first-order chi connectivity index (χ1) is 29.2. The summed E-state index contributed by atoms with van der Waals surface area (Å²) in [5, 5.41) is 65.9. The number of aliphatic hydroxyl groups is 2. The van der Waals surface area contributed by atoms with Gasteiger partial charge in [-0.1, -0.05) is 64.1 Å².